The maximum atomic E-state index is 14.5. The van der Waals surface area contributed by atoms with Gasteiger partial charge in [-0.15, -0.1) is 0 Å². The quantitative estimate of drug-likeness (QED) is 0.534. The highest BCUT2D eigenvalue weighted by molar-refractivity contribution is 5.70. The molecule has 1 aliphatic rings. The van der Waals surface area contributed by atoms with E-state index in [9.17, 15) is 13.9 Å². The molecule has 0 heterocycles. The van der Waals surface area contributed by atoms with Crippen LogP contribution in [0.4, 0.5) is 8.78 Å². The molecule has 0 saturated heterocycles. The molecule has 0 fully saturated rings. The Hall–Kier alpha value is -2.42. The SMILES string of the molecule is C=C(O)C(C)Cc1ccc(CCC2=C(c3ccc(F)cc3)CCC2)c(F)c1. The van der Waals surface area contributed by atoms with Crippen LogP contribution >= 0.6 is 0 Å². The van der Waals surface area contributed by atoms with Gasteiger partial charge >= 0.3 is 0 Å². The van der Waals surface area contributed by atoms with Gasteiger partial charge in [0.2, 0.25) is 0 Å². The first-order valence-electron chi connectivity index (χ1n) is 9.56. The summed E-state index contributed by atoms with van der Waals surface area (Å²) in [5.41, 5.74) is 5.31. The van der Waals surface area contributed by atoms with Crippen LogP contribution in [0.2, 0.25) is 0 Å². The first kappa shape index (κ1) is 19.3. The predicted molar refractivity (Wildman–Crippen MR) is 107 cm³/mol. The van der Waals surface area contributed by atoms with E-state index in [2.05, 4.69) is 6.58 Å². The summed E-state index contributed by atoms with van der Waals surface area (Å²) in [5.74, 6) is -0.372. The molecule has 1 unspecified atom stereocenters. The van der Waals surface area contributed by atoms with Crippen LogP contribution < -0.4 is 0 Å². The molecule has 27 heavy (non-hydrogen) atoms. The van der Waals surface area contributed by atoms with Crippen LogP contribution in [0, 0.1) is 17.6 Å². The maximum absolute atomic E-state index is 14.5. The third-order valence-corrected chi connectivity index (χ3v) is 5.45. The first-order valence-corrected chi connectivity index (χ1v) is 9.56. The molecule has 142 valence electrons. The van der Waals surface area contributed by atoms with E-state index in [0.717, 1.165) is 36.8 Å². The van der Waals surface area contributed by atoms with Crippen LogP contribution in [0.3, 0.4) is 0 Å². The summed E-state index contributed by atoms with van der Waals surface area (Å²) in [4.78, 5) is 0. The van der Waals surface area contributed by atoms with Crippen molar-refractivity contribution in [3.8, 4) is 0 Å². The van der Waals surface area contributed by atoms with Gasteiger partial charge < -0.3 is 5.11 Å². The second kappa shape index (κ2) is 8.51. The molecule has 3 rings (SSSR count). The van der Waals surface area contributed by atoms with Gasteiger partial charge in [0, 0.05) is 5.92 Å². The van der Waals surface area contributed by atoms with Crippen molar-refractivity contribution < 1.29 is 13.9 Å². The Morgan fingerprint density at radius 1 is 1.07 bits per heavy atom. The van der Waals surface area contributed by atoms with E-state index in [4.69, 9.17) is 0 Å². The van der Waals surface area contributed by atoms with E-state index in [1.165, 1.54) is 23.3 Å². The zero-order valence-corrected chi connectivity index (χ0v) is 15.8. The molecule has 2 aromatic carbocycles. The molecule has 1 N–H and O–H groups in total. The Labute approximate surface area is 160 Å². The van der Waals surface area contributed by atoms with E-state index in [0.29, 0.717) is 18.4 Å². The van der Waals surface area contributed by atoms with Gasteiger partial charge in [-0.1, -0.05) is 43.3 Å². The molecule has 0 spiro atoms. The van der Waals surface area contributed by atoms with Gasteiger partial charge in [-0.2, -0.15) is 0 Å². The molecular formula is C24H26F2O. The van der Waals surface area contributed by atoms with Gasteiger partial charge in [-0.3, -0.25) is 0 Å². The summed E-state index contributed by atoms with van der Waals surface area (Å²) in [6.45, 7) is 5.41. The summed E-state index contributed by atoms with van der Waals surface area (Å²) in [5, 5.41) is 9.43. The average molecular weight is 368 g/mol. The van der Waals surface area contributed by atoms with E-state index in [1.54, 1.807) is 6.07 Å². The largest absolute Gasteiger partial charge is 0.513 e. The first-order chi connectivity index (χ1) is 12.9. The Morgan fingerprint density at radius 2 is 1.81 bits per heavy atom. The molecule has 1 aliphatic carbocycles. The van der Waals surface area contributed by atoms with Gasteiger partial charge in [0.05, 0.1) is 5.76 Å². The van der Waals surface area contributed by atoms with Crippen LogP contribution in [0.15, 0.2) is 60.4 Å². The fourth-order valence-corrected chi connectivity index (χ4v) is 3.76. The maximum Gasteiger partial charge on any atom is 0.126 e. The van der Waals surface area contributed by atoms with Crippen molar-refractivity contribution in [2.24, 2.45) is 5.92 Å². The third kappa shape index (κ3) is 4.85. The summed E-state index contributed by atoms with van der Waals surface area (Å²) in [6, 6.07) is 12.0. The molecule has 0 bridgehead atoms. The van der Waals surface area contributed by atoms with E-state index in [-0.39, 0.29) is 23.3 Å². The highest BCUT2D eigenvalue weighted by atomic mass is 19.1. The fraction of sp³-hybridized carbons (Fsp3) is 0.333. The molecule has 1 nitrogen and oxygen atoms in total. The Morgan fingerprint density at radius 3 is 2.48 bits per heavy atom. The van der Waals surface area contributed by atoms with Crippen molar-refractivity contribution in [2.75, 3.05) is 0 Å². The van der Waals surface area contributed by atoms with E-state index >= 15 is 0 Å². The topological polar surface area (TPSA) is 20.2 Å². The Kier molecular flexibility index (Phi) is 6.10. The van der Waals surface area contributed by atoms with E-state index in [1.807, 2.05) is 31.2 Å². The van der Waals surface area contributed by atoms with Gasteiger partial charge in [0.15, 0.2) is 0 Å². The van der Waals surface area contributed by atoms with Gasteiger partial charge in [0.1, 0.15) is 11.6 Å². The second-order valence-electron chi connectivity index (χ2n) is 7.46. The zero-order chi connectivity index (χ0) is 19.4. The minimum absolute atomic E-state index is 0.0860. The lowest BCUT2D eigenvalue weighted by Gasteiger charge is -2.12. The van der Waals surface area contributed by atoms with Crippen molar-refractivity contribution in [1.29, 1.82) is 0 Å². The van der Waals surface area contributed by atoms with E-state index < -0.39 is 0 Å². The van der Waals surface area contributed by atoms with Crippen molar-refractivity contribution in [3.05, 3.63) is 88.7 Å². The number of aryl methyl sites for hydroxylation is 1. The number of hydrogen-bond acceptors (Lipinski definition) is 1. The van der Waals surface area contributed by atoms with Crippen molar-refractivity contribution in [1.82, 2.24) is 0 Å². The highest BCUT2D eigenvalue weighted by Gasteiger charge is 2.17. The fourth-order valence-electron chi connectivity index (χ4n) is 3.76. The van der Waals surface area contributed by atoms with Gasteiger partial charge in [-0.25, -0.2) is 8.78 Å². The third-order valence-electron chi connectivity index (χ3n) is 5.45. The zero-order valence-electron chi connectivity index (χ0n) is 15.8. The van der Waals surface area contributed by atoms with Crippen molar-refractivity contribution in [2.45, 2.75) is 45.4 Å². The molecule has 3 heteroatoms. The normalized spacial score (nSPS) is 15.2. The number of aliphatic hydroxyl groups is 1. The highest BCUT2D eigenvalue weighted by Crippen LogP contribution is 2.36. The van der Waals surface area contributed by atoms with Crippen molar-refractivity contribution in [3.63, 3.8) is 0 Å². The number of halogens is 2. The Bertz CT molecular complexity index is 849. The average Bonchev–Trinajstić information content (AvgIpc) is 3.10. The monoisotopic (exact) mass is 368 g/mol. The predicted octanol–water partition coefficient (Wildman–Crippen LogP) is 6.79. The molecule has 0 saturated carbocycles. The Balaban J connectivity index is 1.69. The van der Waals surface area contributed by atoms with Crippen LogP contribution in [0.5, 0.6) is 0 Å². The molecular weight excluding hydrogens is 342 g/mol. The van der Waals surface area contributed by atoms with Crippen molar-refractivity contribution >= 4 is 5.57 Å². The standard InChI is InChI=1S/C24H26F2O/c1-16(17(2)27)14-18-6-7-21(24(26)15-18)9-8-19-4-3-5-23(19)20-10-12-22(25)13-11-20/h6-7,10-13,15-16,27H,2-5,8-9,14H2,1H3. The minimum atomic E-state index is -0.222. The van der Waals surface area contributed by atoms with Crippen LogP contribution in [0.25, 0.3) is 5.57 Å². The lowest BCUT2D eigenvalue weighted by molar-refractivity contribution is 0.342. The minimum Gasteiger partial charge on any atom is -0.513 e. The summed E-state index contributed by atoms with van der Waals surface area (Å²) in [7, 11) is 0. The summed E-state index contributed by atoms with van der Waals surface area (Å²) >= 11 is 0. The number of aliphatic hydroxyl groups excluding tert-OH is 1. The van der Waals surface area contributed by atoms with Gasteiger partial charge in [0.25, 0.3) is 0 Å². The number of allylic oxidation sites excluding steroid dienone is 3. The summed E-state index contributed by atoms with van der Waals surface area (Å²) in [6.07, 6.45) is 5.20. The number of benzene rings is 2. The second-order valence-corrected chi connectivity index (χ2v) is 7.46. The number of rotatable bonds is 7. The van der Waals surface area contributed by atoms with Gasteiger partial charge in [-0.05, 0) is 79.0 Å². The molecule has 0 amide bonds. The molecule has 0 aromatic heterocycles. The molecule has 0 aliphatic heterocycles. The molecule has 1 atom stereocenters. The van der Waals surface area contributed by atoms with Crippen LogP contribution in [-0.2, 0) is 12.8 Å². The summed E-state index contributed by atoms with van der Waals surface area (Å²) < 4.78 is 27.7. The molecule has 0 radical (unpaired) electrons. The van der Waals surface area contributed by atoms with Crippen LogP contribution in [-0.4, -0.2) is 5.11 Å². The van der Waals surface area contributed by atoms with Crippen LogP contribution in [0.1, 0.15) is 49.3 Å². The number of hydrogen-bond donors (Lipinski definition) is 1. The lowest BCUT2D eigenvalue weighted by Crippen LogP contribution is -2.03. The lowest BCUT2D eigenvalue weighted by atomic mass is 9.95. The smallest absolute Gasteiger partial charge is 0.126 e. The molecule has 2 aromatic rings.